The number of esters is 1. The van der Waals surface area contributed by atoms with E-state index in [4.69, 9.17) is 4.74 Å². The SMILES string of the molecule is O=C(CNC(=O)c1cccc([N+](=O)[O-])c1)OCC(=O)N1CCc2ccccc2C1. The van der Waals surface area contributed by atoms with Crippen molar-refractivity contribution in [2.24, 2.45) is 0 Å². The van der Waals surface area contributed by atoms with Crippen LogP contribution in [0, 0.1) is 10.1 Å². The van der Waals surface area contributed by atoms with Gasteiger partial charge in [0.05, 0.1) is 4.92 Å². The number of carbonyl (C=O) groups excluding carboxylic acids is 3. The average Bonchev–Trinajstić information content (AvgIpc) is 2.75. The molecule has 1 aliphatic heterocycles. The molecule has 29 heavy (non-hydrogen) atoms. The molecule has 0 aliphatic carbocycles. The van der Waals surface area contributed by atoms with Crippen molar-refractivity contribution >= 4 is 23.5 Å². The van der Waals surface area contributed by atoms with E-state index < -0.39 is 30.0 Å². The Hall–Kier alpha value is -3.75. The number of non-ortho nitro benzene ring substituents is 1. The predicted octanol–water partition coefficient (Wildman–Crippen LogP) is 1.45. The van der Waals surface area contributed by atoms with Crippen molar-refractivity contribution < 1.29 is 24.0 Å². The quantitative estimate of drug-likeness (QED) is 0.448. The number of hydrogen-bond donors (Lipinski definition) is 1. The summed E-state index contributed by atoms with van der Waals surface area (Å²) >= 11 is 0. The summed E-state index contributed by atoms with van der Waals surface area (Å²) in [6.45, 7) is 0.165. The maximum Gasteiger partial charge on any atom is 0.325 e. The fraction of sp³-hybridized carbons (Fsp3) is 0.250. The van der Waals surface area contributed by atoms with E-state index in [2.05, 4.69) is 5.32 Å². The number of fused-ring (bicyclic) bond motifs is 1. The first-order valence-electron chi connectivity index (χ1n) is 8.97. The molecule has 3 rings (SSSR count). The molecule has 0 saturated carbocycles. The molecule has 0 radical (unpaired) electrons. The van der Waals surface area contributed by atoms with Crippen LogP contribution in [-0.2, 0) is 27.3 Å². The third-order valence-electron chi connectivity index (χ3n) is 4.55. The number of amides is 2. The van der Waals surface area contributed by atoms with Crippen LogP contribution in [-0.4, -0.2) is 47.3 Å². The summed E-state index contributed by atoms with van der Waals surface area (Å²) in [6.07, 6.45) is 0.745. The Bertz CT molecular complexity index is 959. The normalized spacial score (nSPS) is 12.6. The zero-order valence-corrected chi connectivity index (χ0v) is 15.5. The highest BCUT2D eigenvalue weighted by Gasteiger charge is 2.21. The molecule has 1 aliphatic rings. The van der Waals surface area contributed by atoms with Gasteiger partial charge in [0.2, 0.25) is 0 Å². The van der Waals surface area contributed by atoms with Crippen molar-refractivity contribution in [1.29, 1.82) is 0 Å². The Balaban J connectivity index is 1.44. The van der Waals surface area contributed by atoms with Gasteiger partial charge in [0.25, 0.3) is 17.5 Å². The number of hydrogen-bond acceptors (Lipinski definition) is 6. The Morgan fingerprint density at radius 1 is 1.10 bits per heavy atom. The van der Waals surface area contributed by atoms with Gasteiger partial charge in [0.15, 0.2) is 6.61 Å². The van der Waals surface area contributed by atoms with Crippen LogP contribution in [0.3, 0.4) is 0 Å². The molecule has 2 aromatic rings. The van der Waals surface area contributed by atoms with E-state index in [0.29, 0.717) is 13.1 Å². The van der Waals surface area contributed by atoms with Crippen molar-refractivity contribution in [3.8, 4) is 0 Å². The number of ether oxygens (including phenoxy) is 1. The first-order chi connectivity index (χ1) is 13.9. The number of nitro groups is 1. The summed E-state index contributed by atoms with van der Waals surface area (Å²) in [6, 6.07) is 13.0. The van der Waals surface area contributed by atoms with Crippen molar-refractivity contribution in [2.75, 3.05) is 19.7 Å². The van der Waals surface area contributed by atoms with Gasteiger partial charge in [-0.05, 0) is 23.6 Å². The van der Waals surface area contributed by atoms with Crippen LogP contribution in [0.25, 0.3) is 0 Å². The second kappa shape index (κ2) is 8.96. The van der Waals surface area contributed by atoms with Gasteiger partial charge in [0, 0.05) is 30.8 Å². The smallest absolute Gasteiger partial charge is 0.325 e. The monoisotopic (exact) mass is 397 g/mol. The Kier molecular flexibility index (Phi) is 6.18. The zero-order chi connectivity index (χ0) is 20.8. The first-order valence-corrected chi connectivity index (χ1v) is 8.97. The maximum atomic E-state index is 12.3. The number of carbonyl (C=O) groups is 3. The van der Waals surface area contributed by atoms with Gasteiger partial charge in [-0.1, -0.05) is 30.3 Å². The molecule has 0 fully saturated rings. The van der Waals surface area contributed by atoms with Gasteiger partial charge < -0.3 is 15.0 Å². The van der Waals surface area contributed by atoms with E-state index in [1.54, 1.807) is 4.90 Å². The van der Waals surface area contributed by atoms with Crippen LogP contribution in [0.15, 0.2) is 48.5 Å². The van der Waals surface area contributed by atoms with E-state index in [1.807, 2.05) is 24.3 Å². The third kappa shape index (κ3) is 5.16. The fourth-order valence-electron chi connectivity index (χ4n) is 3.01. The molecule has 2 aromatic carbocycles. The van der Waals surface area contributed by atoms with Gasteiger partial charge >= 0.3 is 5.97 Å². The van der Waals surface area contributed by atoms with E-state index in [-0.39, 0.29) is 17.2 Å². The Morgan fingerprint density at radius 3 is 2.62 bits per heavy atom. The van der Waals surface area contributed by atoms with Crippen LogP contribution < -0.4 is 5.32 Å². The third-order valence-corrected chi connectivity index (χ3v) is 4.55. The van der Waals surface area contributed by atoms with Gasteiger partial charge in [0.1, 0.15) is 6.54 Å². The first kappa shape index (κ1) is 20.0. The lowest BCUT2D eigenvalue weighted by Crippen LogP contribution is -2.39. The Labute approximate surface area is 166 Å². The maximum absolute atomic E-state index is 12.3. The molecule has 9 heteroatoms. The molecule has 0 unspecified atom stereocenters. The van der Waals surface area contributed by atoms with E-state index in [1.165, 1.54) is 23.8 Å². The standard InChI is InChI=1S/C20H19N3O6/c24-18(22-9-8-14-4-1-2-5-16(14)12-22)13-29-19(25)11-21-20(26)15-6-3-7-17(10-15)23(27)28/h1-7,10H,8-9,11-13H2,(H,21,26). The molecule has 0 bridgehead atoms. The number of rotatable bonds is 6. The lowest BCUT2D eigenvalue weighted by Gasteiger charge is -2.28. The topological polar surface area (TPSA) is 119 Å². The second-order valence-electron chi connectivity index (χ2n) is 6.48. The van der Waals surface area contributed by atoms with Gasteiger partial charge in [-0.2, -0.15) is 0 Å². The molecule has 0 spiro atoms. The minimum Gasteiger partial charge on any atom is -0.454 e. The van der Waals surface area contributed by atoms with Gasteiger partial charge in [-0.25, -0.2) is 0 Å². The molecule has 0 saturated heterocycles. The predicted molar refractivity (Wildman–Crippen MR) is 102 cm³/mol. The average molecular weight is 397 g/mol. The summed E-state index contributed by atoms with van der Waals surface area (Å²) in [4.78, 5) is 47.9. The van der Waals surface area contributed by atoms with Crippen molar-refractivity contribution in [3.05, 3.63) is 75.3 Å². The van der Waals surface area contributed by atoms with Crippen molar-refractivity contribution in [3.63, 3.8) is 0 Å². The summed E-state index contributed by atoms with van der Waals surface area (Å²) in [5, 5.41) is 13.1. The zero-order valence-electron chi connectivity index (χ0n) is 15.5. The van der Waals surface area contributed by atoms with E-state index >= 15 is 0 Å². The van der Waals surface area contributed by atoms with Crippen LogP contribution in [0.5, 0.6) is 0 Å². The molecular weight excluding hydrogens is 378 g/mol. The van der Waals surface area contributed by atoms with Crippen LogP contribution in [0.4, 0.5) is 5.69 Å². The van der Waals surface area contributed by atoms with Crippen LogP contribution in [0.1, 0.15) is 21.5 Å². The van der Waals surface area contributed by atoms with Gasteiger partial charge in [-0.15, -0.1) is 0 Å². The highest BCUT2D eigenvalue weighted by atomic mass is 16.6. The molecule has 0 atom stereocenters. The largest absolute Gasteiger partial charge is 0.454 e. The minimum absolute atomic E-state index is 0.0510. The second-order valence-corrected chi connectivity index (χ2v) is 6.48. The molecule has 1 N–H and O–H groups in total. The number of nitro benzene ring substituents is 1. The highest BCUT2D eigenvalue weighted by Crippen LogP contribution is 2.18. The lowest BCUT2D eigenvalue weighted by atomic mass is 10.00. The molecule has 2 amide bonds. The summed E-state index contributed by atoms with van der Waals surface area (Å²) < 4.78 is 4.94. The molecular formula is C20H19N3O6. The lowest BCUT2D eigenvalue weighted by molar-refractivity contribution is -0.384. The number of nitrogens with one attached hydrogen (secondary N) is 1. The highest BCUT2D eigenvalue weighted by molar-refractivity contribution is 5.96. The Morgan fingerprint density at radius 2 is 1.86 bits per heavy atom. The minimum atomic E-state index is -0.769. The fourth-order valence-corrected chi connectivity index (χ4v) is 3.01. The molecule has 0 aromatic heterocycles. The van der Waals surface area contributed by atoms with Crippen molar-refractivity contribution in [2.45, 2.75) is 13.0 Å². The number of benzene rings is 2. The van der Waals surface area contributed by atoms with Gasteiger partial charge in [-0.3, -0.25) is 24.5 Å². The van der Waals surface area contributed by atoms with Crippen molar-refractivity contribution in [1.82, 2.24) is 10.2 Å². The van der Waals surface area contributed by atoms with E-state index in [9.17, 15) is 24.5 Å². The summed E-state index contributed by atoms with van der Waals surface area (Å²) in [5.41, 5.74) is 2.10. The summed E-state index contributed by atoms with van der Waals surface area (Å²) in [7, 11) is 0. The van der Waals surface area contributed by atoms with Crippen LogP contribution in [0.2, 0.25) is 0 Å². The molecule has 9 nitrogen and oxygen atoms in total. The van der Waals surface area contributed by atoms with Crippen LogP contribution >= 0.6 is 0 Å². The molecule has 1 heterocycles. The van der Waals surface area contributed by atoms with E-state index in [0.717, 1.165) is 18.1 Å². The summed E-state index contributed by atoms with van der Waals surface area (Å²) in [5.74, 6) is -1.72. The number of nitrogens with zero attached hydrogens (tertiary/aromatic N) is 2. The molecule has 150 valence electrons.